The Kier molecular flexibility index (Phi) is 6.46. The number of aromatic amines is 1. The lowest BCUT2D eigenvalue weighted by molar-refractivity contribution is 0.0697. The Balaban J connectivity index is 1.55. The molecule has 34 heavy (non-hydrogen) atoms. The summed E-state index contributed by atoms with van der Waals surface area (Å²) in [5.41, 5.74) is 3.65. The summed E-state index contributed by atoms with van der Waals surface area (Å²) in [5, 5.41) is 18.7. The topological polar surface area (TPSA) is 117 Å². The van der Waals surface area contributed by atoms with Crippen LogP contribution in [0.4, 0.5) is 0 Å². The molecule has 3 aromatic carbocycles. The zero-order valence-corrected chi connectivity index (χ0v) is 18.5. The predicted octanol–water partition coefficient (Wildman–Crippen LogP) is 4.92. The van der Waals surface area contributed by atoms with Crippen LogP contribution in [0.5, 0.6) is 17.2 Å². The monoisotopic (exact) mass is 455 g/mol. The highest BCUT2D eigenvalue weighted by atomic mass is 16.5. The molecule has 0 spiro atoms. The van der Waals surface area contributed by atoms with Crippen molar-refractivity contribution in [2.24, 2.45) is 0 Å². The number of rotatable bonds is 8. The van der Waals surface area contributed by atoms with Gasteiger partial charge in [0, 0.05) is 6.07 Å². The smallest absolute Gasteiger partial charge is 0.335 e. The first-order valence-corrected chi connectivity index (χ1v) is 10.3. The van der Waals surface area contributed by atoms with Crippen LogP contribution in [0.15, 0.2) is 60.7 Å². The summed E-state index contributed by atoms with van der Waals surface area (Å²) in [6.07, 6.45) is 1.71. The molecule has 0 unspecified atom stereocenters. The van der Waals surface area contributed by atoms with Crippen LogP contribution in [0.25, 0.3) is 22.7 Å². The second-order valence-corrected chi connectivity index (χ2v) is 7.34. The number of aromatic carboxylic acids is 1. The van der Waals surface area contributed by atoms with Crippen molar-refractivity contribution in [3.63, 3.8) is 0 Å². The zero-order valence-electron chi connectivity index (χ0n) is 18.5. The first-order chi connectivity index (χ1) is 16.5. The van der Waals surface area contributed by atoms with Crippen molar-refractivity contribution in [3.05, 3.63) is 83.2 Å². The Labute approximate surface area is 195 Å². The van der Waals surface area contributed by atoms with Gasteiger partial charge in [0.25, 0.3) is 0 Å². The quantitative estimate of drug-likeness (QED) is 0.362. The Bertz CT molecular complexity index is 1410. The summed E-state index contributed by atoms with van der Waals surface area (Å²) in [4.78, 5) is 18.6. The fourth-order valence-corrected chi connectivity index (χ4v) is 3.36. The molecule has 4 rings (SSSR count). The number of hydrogen-bond acceptors (Lipinski definition) is 6. The zero-order chi connectivity index (χ0) is 24.1. The van der Waals surface area contributed by atoms with Gasteiger partial charge in [-0.1, -0.05) is 18.2 Å². The molecular formula is C26H21N3O5. The van der Waals surface area contributed by atoms with E-state index in [4.69, 9.17) is 19.3 Å². The number of aromatic nitrogens is 2. The Morgan fingerprint density at radius 1 is 1.06 bits per heavy atom. The minimum Gasteiger partial charge on any atom is -0.497 e. The van der Waals surface area contributed by atoms with E-state index < -0.39 is 5.97 Å². The van der Waals surface area contributed by atoms with Crippen LogP contribution in [0.1, 0.15) is 27.3 Å². The van der Waals surface area contributed by atoms with Crippen molar-refractivity contribution >= 4 is 28.7 Å². The number of benzene rings is 3. The standard InChI is InChI=1S/C26H21N3O5/c1-32-20-8-9-21-22(13-20)29-25(28-21)19(14-27)11-17-5-10-23(24(12-17)33-2)34-15-16-3-6-18(7-4-16)26(30)31/h3-13H,15H2,1-2H3,(H,28,29)(H,30,31)/b19-11-. The van der Waals surface area contributed by atoms with Gasteiger partial charge in [-0.05, 0) is 53.6 Å². The average molecular weight is 455 g/mol. The average Bonchev–Trinajstić information content (AvgIpc) is 3.29. The molecular weight excluding hydrogens is 434 g/mol. The molecule has 0 saturated carbocycles. The van der Waals surface area contributed by atoms with E-state index in [0.717, 1.165) is 22.2 Å². The lowest BCUT2D eigenvalue weighted by Crippen LogP contribution is -2.00. The van der Waals surface area contributed by atoms with Gasteiger partial charge >= 0.3 is 5.97 Å². The number of nitrogens with zero attached hydrogens (tertiary/aromatic N) is 2. The van der Waals surface area contributed by atoms with Crippen LogP contribution in [0.2, 0.25) is 0 Å². The van der Waals surface area contributed by atoms with Gasteiger partial charge in [-0.3, -0.25) is 0 Å². The molecule has 0 aliphatic rings. The molecule has 8 heteroatoms. The number of carboxylic acids is 1. The number of hydrogen-bond donors (Lipinski definition) is 2. The number of methoxy groups -OCH3 is 2. The van der Waals surface area contributed by atoms with Gasteiger partial charge in [0.05, 0.1) is 36.4 Å². The number of carboxylic acid groups (broad SMARTS) is 1. The SMILES string of the molecule is COc1ccc2nc(/C(C#N)=C\c3ccc(OCc4ccc(C(=O)O)cc4)c(OC)c3)[nH]c2c1. The van der Waals surface area contributed by atoms with Crippen LogP contribution in [-0.2, 0) is 6.61 Å². The summed E-state index contributed by atoms with van der Waals surface area (Å²) in [5.74, 6) is 1.20. The van der Waals surface area contributed by atoms with Crippen molar-refractivity contribution in [1.82, 2.24) is 9.97 Å². The number of H-pyrrole nitrogens is 1. The van der Waals surface area contributed by atoms with Gasteiger partial charge < -0.3 is 24.3 Å². The maximum Gasteiger partial charge on any atom is 0.335 e. The van der Waals surface area contributed by atoms with Crippen LogP contribution >= 0.6 is 0 Å². The van der Waals surface area contributed by atoms with E-state index in [2.05, 4.69) is 16.0 Å². The van der Waals surface area contributed by atoms with Gasteiger partial charge in [0.2, 0.25) is 0 Å². The molecule has 170 valence electrons. The van der Waals surface area contributed by atoms with E-state index in [1.807, 2.05) is 24.3 Å². The predicted molar refractivity (Wildman–Crippen MR) is 127 cm³/mol. The highest BCUT2D eigenvalue weighted by molar-refractivity contribution is 5.91. The third-order valence-corrected chi connectivity index (χ3v) is 5.16. The van der Waals surface area contributed by atoms with Crippen molar-refractivity contribution in [2.45, 2.75) is 6.61 Å². The minimum atomic E-state index is -0.975. The number of fused-ring (bicyclic) bond motifs is 1. The lowest BCUT2D eigenvalue weighted by Gasteiger charge is -2.12. The summed E-state index contributed by atoms with van der Waals surface area (Å²) in [6.45, 7) is 0.247. The highest BCUT2D eigenvalue weighted by Gasteiger charge is 2.11. The molecule has 1 aromatic heterocycles. The van der Waals surface area contributed by atoms with E-state index >= 15 is 0 Å². The molecule has 1 heterocycles. The van der Waals surface area contributed by atoms with Crippen LogP contribution in [0, 0.1) is 11.3 Å². The molecule has 2 N–H and O–H groups in total. The first kappa shape index (κ1) is 22.4. The number of ether oxygens (including phenoxy) is 3. The fourth-order valence-electron chi connectivity index (χ4n) is 3.36. The van der Waals surface area contributed by atoms with E-state index in [1.54, 1.807) is 37.5 Å². The highest BCUT2D eigenvalue weighted by Crippen LogP contribution is 2.31. The molecule has 8 nitrogen and oxygen atoms in total. The number of carbonyl (C=O) groups is 1. The second-order valence-electron chi connectivity index (χ2n) is 7.34. The van der Waals surface area contributed by atoms with Crippen LogP contribution < -0.4 is 14.2 Å². The van der Waals surface area contributed by atoms with Crippen molar-refractivity contribution in [3.8, 4) is 23.3 Å². The summed E-state index contributed by atoms with van der Waals surface area (Å²) < 4.78 is 16.6. The number of allylic oxidation sites excluding steroid dienone is 1. The van der Waals surface area contributed by atoms with Crippen molar-refractivity contribution < 1.29 is 24.1 Å². The summed E-state index contributed by atoms with van der Waals surface area (Å²) in [6, 6.07) is 19.5. The largest absolute Gasteiger partial charge is 0.497 e. The molecule has 0 radical (unpaired) electrons. The van der Waals surface area contributed by atoms with Crippen molar-refractivity contribution in [2.75, 3.05) is 14.2 Å². The molecule has 0 amide bonds. The van der Waals surface area contributed by atoms with Gasteiger partial charge in [0.15, 0.2) is 11.5 Å². The first-order valence-electron chi connectivity index (χ1n) is 10.3. The maximum atomic E-state index is 11.0. The Morgan fingerprint density at radius 3 is 2.53 bits per heavy atom. The lowest BCUT2D eigenvalue weighted by atomic mass is 10.1. The van der Waals surface area contributed by atoms with Crippen LogP contribution in [0.3, 0.4) is 0 Å². The molecule has 0 bridgehead atoms. The third-order valence-electron chi connectivity index (χ3n) is 5.16. The van der Waals surface area contributed by atoms with E-state index in [-0.39, 0.29) is 12.2 Å². The minimum absolute atomic E-state index is 0.217. The van der Waals surface area contributed by atoms with Gasteiger partial charge in [-0.25, -0.2) is 9.78 Å². The van der Waals surface area contributed by atoms with Gasteiger partial charge in [-0.15, -0.1) is 0 Å². The maximum absolute atomic E-state index is 11.0. The van der Waals surface area contributed by atoms with E-state index in [9.17, 15) is 10.1 Å². The normalized spacial score (nSPS) is 11.1. The van der Waals surface area contributed by atoms with E-state index in [1.165, 1.54) is 19.2 Å². The van der Waals surface area contributed by atoms with E-state index in [0.29, 0.717) is 28.6 Å². The van der Waals surface area contributed by atoms with Crippen LogP contribution in [-0.4, -0.2) is 35.3 Å². The van der Waals surface area contributed by atoms with Gasteiger partial charge in [-0.2, -0.15) is 5.26 Å². The Morgan fingerprint density at radius 2 is 1.85 bits per heavy atom. The molecule has 0 aliphatic heterocycles. The second kappa shape index (κ2) is 9.79. The number of nitrogens with one attached hydrogen (secondary N) is 1. The summed E-state index contributed by atoms with van der Waals surface area (Å²) >= 11 is 0. The van der Waals surface area contributed by atoms with Gasteiger partial charge in [0.1, 0.15) is 24.3 Å². The molecule has 0 saturated heterocycles. The van der Waals surface area contributed by atoms with Crippen molar-refractivity contribution in [1.29, 1.82) is 5.26 Å². The number of nitriles is 1. The molecule has 0 atom stereocenters. The summed E-state index contributed by atoms with van der Waals surface area (Å²) in [7, 11) is 3.13. The molecule has 0 aliphatic carbocycles. The Hall–Kier alpha value is -4.77. The molecule has 4 aromatic rings. The number of imidazole rings is 1. The molecule has 0 fully saturated rings. The fraction of sp³-hybridized carbons (Fsp3) is 0.115. The third kappa shape index (κ3) is 4.84.